The second-order valence-corrected chi connectivity index (χ2v) is 7.94. The van der Waals surface area contributed by atoms with E-state index in [1.54, 1.807) is 13.2 Å². The Morgan fingerprint density at radius 1 is 1.07 bits per heavy atom. The van der Waals surface area contributed by atoms with Crippen molar-refractivity contribution in [3.63, 3.8) is 0 Å². The molecule has 28 heavy (non-hydrogen) atoms. The van der Waals surface area contributed by atoms with Crippen molar-refractivity contribution >= 4 is 39.9 Å². The highest BCUT2D eigenvalue weighted by atomic mass is 127. The van der Waals surface area contributed by atoms with Crippen LogP contribution in [0, 0.1) is 16.3 Å². The third-order valence-corrected chi connectivity index (χ3v) is 5.28. The summed E-state index contributed by atoms with van der Waals surface area (Å²) in [4.78, 5) is 0. The lowest BCUT2D eigenvalue weighted by molar-refractivity contribution is 0.281. The van der Waals surface area contributed by atoms with Crippen LogP contribution in [-0.2, 0) is 13.2 Å². The summed E-state index contributed by atoms with van der Waals surface area (Å²) in [6.45, 7) is 2.92. The summed E-state index contributed by atoms with van der Waals surface area (Å²) < 4.78 is 25.7. The van der Waals surface area contributed by atoms with Gasteiger partial charge in [-0.2, -0.15) is 0 Å². The summed E-state index contributed by atoms with van der Waals surface area (Å²) >= 11 is 8.31. The molecule has 3 rings (SSSR count). The van der Waals surface area contributed by atoms with E-state index >= 15 is 0 Å². The molecule has 0 saturated heterocycles. The van der Waals surface area contributed by atoms with Gasteiger partial charge >= 0.3 is 0 Å². The third kappa shape index (κ3) is 5.29. The molecule has 0 fully saturated rings. The Morgan fingerprint density at radius 2 is 1.89 bits per heavy atom. The van der Waals surface area contributed by atoms with Crippen LogP contribution in [-0.4, -0.2) is 7.11 Å². The van der Waals surface area contributed by atoms with Crippen molar-refractivity contribution in [1.82, 2.24) is 0 Å². The van der Waals surface area contributed by atoms with Gasteiger partial charge in [-0.15, -0.1) is 0 Å². The fraction of sp³-hybridized carbons (Fsp3) is 0.182. The van der Waals surface area contributed by atoms with Gasteiger partial charge in [-0.25, -0.2) is 4.39 Å². The van der Waals surface area contributed by atoms with Gasteiger partial charge in [-0.1, -0.05) is 29.8 Å². The van der Waals surface area contributed by atoms with Crippen LogP contribution in [0.3, 0.4) is 0 Å². The number of rotatable bonds is 7. The number of anilines is 1. The molecule has 3 aromatic carbocycles. The first-order valence-electron chi connectivity index (χ1n) is 8.70. The van der Waals surface area contributed by atoms with Crippen molar-refractivity contribution in [1.29, 1.82) is 0 Å². The second kappa shape index (κ2) is 9.47. The molecule has 0 atom stereocenters. The van der Waals surface area contributed by atoms with E-state index in [1.165, 1.54) is 12.1 Å². The Bertz CT molecular complexity index is 981. The smallest absolute Gasteiger partial charge is 0.174 e. The molecule has 0 amide bonds. The number of halogens is 3. The van der Waals surface area contributed by atoms with Crippen molar-refractivity contribution in [3.05, 3.63) is 85.7 Å². The Hall–Kier alpha value is -1.99. The van der Waals surface area contributed by atoms with Gasteiger partial charge < -0.3 is 14.8 Å². The van der Waals surface area contributed by atoms with E-state index < -0.39 is 0 Å². The minimum atomic E-state index is -0.277. The first-order chi connectivity index (χ1) is 13.5. The summed E-state index contributed by atoms with van der Waals surface area (Å²) in [5, 5.41) is 4.10. The Labute approximate surface area is 183 Å². The molecule has 3 aromatic rings. The van der Waals surface area contributed by atoms with Gasteiger partial charge in [-0.05, 0) is 82.6 Å². The average molecular weight is 512 g/mol. The summed E-state index contributed by atoms with van der Waals surface area (Å²) in [7, 11) is 1.61. The van der Waals surface area contributed by atoms with Crippen LogP contribution in [0.2, 0.25) is 5.02 Å². The summed E-state index contributed by atoms with van der Waals surface area (Å²) in [6.07, 6.45) is 0. The van der Waals surface area contributed by atoms with E-state index in [2.05, 4.69) is 27.9 Å². The van der Waals surface area contributed by atoms with E-state index in [4.69, 9.17) is 21.1 Å². The summed E-state index contributed by atoms with van der Waals surface area (Å²) in [6, 6.07) is 16.1. The van der Waals surface area contributed by atoms with Crippen LogP contribution in [0.4, 0.5) is 10.1 Å². The van der Waals surface area contributed by atoms with Gasteiger partial charge in [0.1, 0.15) is 12.4 Å². The highest BCUT2D eigenvalue weighted by molar-refractivity contribution is 14.1. The molecule has 0 radical (unpaired) electrons. The van der Waals surface area contributed by atoms with E-state index in [0.717, 1.165) is 25.9 Å². The number of benzene rings is 3. The minimum absolute atomic E-state index is 0.267. The lowest BCUT2D eigenvalue weighted by atomic mass is 10.1. The van der Waals surface area contributed by atoms with Crippen molar-refractivity contribution in [3.8, 4) is 11.5 Å². The van der Waals surface area contributed by atoms with Gasteiger partial charge in [0.25, 0.3) is 0 Å². The predicted molar refractivity (Wildman–Crippen MR) is 120 cm³/mol. The maximum Gasteiger partial charge on any atom is 0.174 e. The molecule has 0 aliphatic carbocycles. The number of hydrogen-bond donors (Lipinski definition) is 1. The third-order valence-electron chi connectivity index (χ3n) is 4.24. The Balaban J connectivity index is 1.74. The van der Waals surface area contributed by atoms with Crippen molar-refractivity contribution in [2.45, 2.75) is 20.1 Å². The molecule has 0 saturated carbocycles. The highest BCUT2D eigenvalue weighted by Crippen LogP contribution is 2.35. The molecule has 0 aliphatic rings. The van der Waals surface area contributed by atoms with E-state index in [1.807, 2.05) is 43.3 Å². The maximum atomic E-state index is 13.4. The molecular weight excluding hydrogens is 492 g/mol. The van der Waals surface area contributed by atoms with Crippen LogP contribution < -0.4 is 14.8 Å². The minimum Gasteiger partial charge on any atom is -0.493 e. The lowest BCUT2D eigenvalue weighted by Gasteiger charge is -2.16. The number of hydrogen-bond acceptors (Lipinski definition) is 3. The first-order valence-corrected chi connectivity index (χ1v) is 10.2. The van der Waals surface area contributed by atoms with E-state index in [-0.39, 0.29) is 12.4 Å². The van der Waals surface area contributed by atoms with E-state index in [9.17, 15) is 4.39 Å². The molecule has 1 N–H and O–H groups in total. The second-order valence-electron chi connectivity index (χ2n) is 6.34. The zero-order valence-electron chi connectivity index (χ0n) is 15.6. The monoisotopic (exact) mass is 511 g/mol. The molecule has 0 aromatic heterocycles. The van der Waals surface area contributed by atoms with Crippen molar-refractivity contribution < 1.29 is 13.9 Å². The molecule has 6 heteroatoms. The van der Waals surface area contributed by atoms with Crippen molar-refractivity contribution in [2.75, 3.05) is 12.4 Å². The SMILES string of the molecule is COc1cc(CNc2cc(Cl)ccc2C)cc(I)c1OCc1cccc(F)c1. The van der Waals surface area contributed by atoms with Crippen molar-refractivity contribution in [2.24, 2.45) is 0 Å². The molecule has 0 spiro atoms. The molecule has 0 heterocycles. The van der Waals surface area contributed by atoms with Crippen LogP contribution in [0.5, 0.6) is 11.5 Å². The Morgan fingerprint density at radius 3 is 2.64 bits per heavy atom. The van der Waals surface area contributed by atoms with E-state index in [0.29, 0.717) is 23.1 Å². The summed E-state index contributed by atoms with van der Waals surface area (Å²) in [5.41, 5.74) is 3.94. The topological polar surface area (TPSA) is 30.5 Å². The lowest BCUT2D eigenvalue weighted by Crippen LogP contribution is -2.04. The van der Waals surface area contributed by atoms with Gasteiger partial charge in [0.2, 0.25) is 0 Å². The zero-order chi connectivity index (χ0) is 20.1. The molecule has 0 aliphatic heterocycles. The number of methoxy groups -OCH3 is 1. The van der Waals surface area contributed by atoms with Crippen LogP contribution >= 0.6 is 34.2 Å². The number of ether oxygens (including phenoxy) is 2. The molecular formula is C22H20ClFINO2. The average Bonchev–Trinajstić information content (AvgIpc) is 2.67. The fourth-order valence-corrected chi connectivity index (χ4v) is 3.77. The predicted octanol–water partition coefficient (Wildman–Crippen LogP) is 6.59. The zero-order valence-corrected chi connectivity index (χ0v) is 18.5. The largest absolute Gasteiger partial charge is 0.493 e. The van der Waals surface area contributed by atoms with Gasteiger partial charge in [0.05, 0.1) is 10.7 Å². The Kier molecular flexibility index (Phi) is 7.02. The van der Waals surface area contributed by atoms with Gasteiger partial charge in [-0.3, -0.25) is 0 Å². The molecule has 0 unspecified atom stereocenters. The number of aryl methyl sites for hydroxylation is 1. The van der Waals surface area contributed by atoms with Gasteiger partial charge in [0, 0.05) is 17.3 Å². The number of nitrogens with one attached hydrogen (secondary N) is 1. The van der Waals surface area contributed by atoms with Crippen LogP contribution in [0.1, 0.15) is 16.7 Å². The molecule has 146 valence electrons. The highest BCUT2D eigenvalue weighted by Gasteiger charge is 2.12. The standard InChI is InChI=1S/C22H20ClFINO2/c1-14-6-7-17(23)11-20(14)26-12-16-9-19(25)22(21(10-16)27-2)28-13-15-4-3-5-18(24)8-15/h3-11,26H,12-13H2,1-2H3. The van der Waals surface area contributed by atoms with Crippen LogP contribution in [0.25, 0.3) is 0 Å². The fourth-order valence-electron chi connectivity index (χ4n) is 2.78. The van der Waals surface area contributed by atoms with Gasteiger partial charge in [0.15, 0.2) is 11.5 Å². The normalized spacial score (nSPS) is 10.6. The first kappa shape index (κ1) is 20.7. The maximum absolute atomic E-state index is 13.4. The summed E-state index contributed by atoms with van der Waals surface area (Å²) in [5.74, 6) is 1.01. The molecule has 0 bridgehead atoms. The quantitative estimate of drug-likeness (QED) is 0.363. The van der Waals surface area contributed by atoms with Crippen LogP contribution in [0.15, 0.2) is 54.6 Å². The molecule has 3 nitrogen and oxygen atoms in total.